The normalized spacial score (nSPS) is 14.9. The van der Waals surface area contributed by atoms with Crippen LogP contribution in [0.25, 0.3) is 6.08 Å². The Labute approximate surface area is 191 Å². The van der Waals surface area contributed by atoms with Crippen molar-refractivity contribution < 1.29 is 22.8 Å². The number of benzene rings is 2. The van der Waals surface area contributed by atoms with Crippen LogP contribution in [0.4, 0.5) is 13.2 Å². The second-order valence-electron chi connectivity index (χ2n) is 6.95. The third-order valence-electron chi connectivity index (χ3n) is 4.82. The van der Waals surface area contributed by atoms with Gasteiger partial charge in [0.25, 0.3) is 0 Å². The van der Waals surface area contributed by atoms with Crippen LogP contribution in [0.1, 0.15) is 18.1 Å². The first-order chi connectivity index (χ1) is 14.6. The fourth-order valence-electron chi connectivity index (χ4n) is 3.12. The predicted octanol–water partition coefficient (Wildman–Crippen LogP) is 5.32. The smallest absolute Gasteiger partial charge is 0.339 e. The molecule has 0 aromatic heterocycles. The molecule has 3 rings (SSSR count). The molecule has 164 valence electrons. The summed E-state index contributed by atoms with van der Waals surface area (Å²) in [6.45, 7) is 3.19. The molecule has 0 radical (unpaired) electrons. The topological polar surface area (TPSA) is 40.6 Å². The zero-order chi connectivity index (χ0) is 22.6. The number of amides is 2. The SMILES string of the molecule is CC(=O)N1CCN(C(=O)/C=C/c2ccc(Sc3ccccc3Br)c(C(F)(F)F)c2)CC1. The van der Waals surface area contributed by atoms with Gasteiger partial charge in [0.05, 0.1) is 5.56 Å². The van der Waals surface area contributed by atoms with Gasteiger partial charge in [-0.2, -0.15) is 13.2 Å². The molecule has 0 atom stereocenters. The highest BCUT2D eigenvalue weighted by Gasteiger charge is 2.34. The van der Waals surface area contributed by atoms with E-state index >= 15 is 0 Å². The molecule has 2 amide bonds. The van der Waals surface area contributed by atoms with Crippen molar-refractivity contribution in [3.8, 4) is 0 Å². The zero-order valence-corrected chi connectivity index (χ0v) is 19.1. The van der Waals surface area contributed by atoms with Crippen molar-refractivity contribution in [3.05, 3.63) is 64.1 Å². The number of halogens is 4. The molecule has 2 aromatic rings. The minimum Gasteiger partial charge on any atom is -0.339 e. The van der Waals surface area contributed by atoms with Gasteiger partial charge in [0, 0.05) is 53.4 Å². The molecule has 1 heterocycles. The molecular formula is C22H20BrF3N2O2S. The molecule has 0 unspecified atom stereocenters. The summed E-state index contributed by atoms with van der Waals surface area (Å²) in [6.07, 6.45) is -1.86. The Kier molecular flexibility index (Phi) is 7.48. The Morgan fingerprint density at radius 1 is 1.00 bits per heavy atom. The van der Waals surface area contributed by atoms with Gasteiger partial charge in [-0.1, -0.05) is 30.0 Å². The van der Waals surface area contributed by atoms with Gasteiger partial charge in [-0.3, -0.25) is 9.59 Å². The fraction of sp³-hybridized carbons (Fsp3) is 0.273. The molecule has 4 nitrogen and oxygen atoms in total. The van der Waals surface area contributed by atoms with Crippen molar-refractivity contribution in [2.75, 3.05) is 26.2 Å². The quantitative estimate of drug-likeness (QED) is 0.520. The maximum atomic E-state index is 13.7. The Morgan fingerprint density at radius 2 is 1.65 bits per heavy atom. The number of hydrogen-bond acceptors (Lipinski definition) is 3. The van der Waals surface area contributed by atoms with E-state index in [0.717, 1.165) is 17.8 Å². The van der Waals surface area contributed by atoms with Crippen LogP contribution >= 0.6 is 27.7 Å². The maximum absolute atomic E-state index is 13.7. The Balaban J connectivity index is 1.76. The van der Waals surface area contributed by atoms with E-state index in [0.29, 0.717) is 41.1 Å². The molecule has 31 heavy (non-hydrogen) atoms. The molecule has 0 N–H and O–H groups in total. The van der Waals surface area contributed by atoms with Crippen LogP contribution in [-0.2, 0) is 15.8 Å². The molecule has 1 fully saturated rings. The van der Waals surface area contributed by atoms with Gasteiger partial charge in [0.1, 0.15) is 0 Å². The molecule has 0 aliphatic carbocycles. The third-order valence-corrected chi connectivity index (χ3v) is 6.93. The summed E-state index contributed by atoms with van der Waals surface area (Å²) in [5.41, 5.74) is -0.461. The predicted molar refractivity (Wildman–Crippen MR) is 118 cm³/mol. The Bertz CT molecular complexity index is 1000. The van der Waals surface area contributed by atoms with Crippen LogP contribution in [0, 0.1) is 0 Å². The summed E-state index contributed by atoms with van der Waals surface area (Å²) in [7, 11) is 0. The summed E-state index contributed by atoms with van der Waals surface area (Å²) >= 11 is 4.38. The van der Waals surface area contributed by atoms with E-state index in [2.05, 4.69) is 15.9 Å². The monoisotopic (exact) mass is 512 g/mol. The number of piperazine rings is 1. The van der Waals surface area contributed by atoms with Crippen LogP contribution in [0.2, 0.25) is 0 Å². The molecule has 1 aliphatic rings. The fourth-order valence-corrected chi connectivity index (χ4v) is 4.62. The molecule has 0 spiro atoms. The zero-order valence-electron chi connectivity index (χ0n) is 16.7. The summed E-state index contributed by atoms with van der Waals surface area (Å²) in [4.78, 5) is 27.8. The van der Waals surface area contributed by atoms with Crippen molar-refractivity contribution in [2.24, 2.45) is 0 Å². The van der Waals surface area contributed by atoms with Crippen molar-refractivity contribution in [2.45, 2.75) is 22.9 Å². The van der Waals surface area contributed by atoms with Crippen LogP contribution in [0.15, 0.2) is 62.8 Å². The van der Waals surface area contributed by atoms with E-state index in [-0.39, 0.29) is 16.7 Å². The van der Waals surface area contributed by atoms with Crippen LogP contribution in [0.3, 0.4) is 0 Å². The first kappa shape index (κ1) is 23.4. The average Bonchev–Trinajstić information content (AvgIpc) is 2.73. The highest BCUT2D eigenvalue weighted by atomic mass is 79.9. The van der Waals surface area contributed by atoms with Gasteiger partial charge in [0.15, 0.2) is 0 Å². The van der Waals surface area contributed by atoms with E-state index in [1.165, 1.54) is 25.1 Å². The average molecular weight is 513 g/mol. The minimum atomic E-state index is -4.53. The lowest BCUT2D eigenvalue weighted by Gasteiger charge is -2.33. The van der Waals surface area contributed by atoms with Crippen LogP contribution in [-0.4, -0.2) is 47.8 Å². The molecule has 1 aliphatic heterocycles. The van der Waals surface area contributed by atoms with Crippen molar-refractivity contribution in [3.63, 3.8) is 0 Å². The van der Waals surface area contributed by atoms with Gasteiger partial charge in [-0.05, 0) is 51.8 Å². The molecule has 1 saturated heterocycles. The van der Waals surface area contributed by atoms with E-state index < -0.39 is 11.7 Å². The van der Waals surface area contributed by atoms with E-state index in [4.69, 9.17) is 0 Å². The van der Waals surface area contributed by atoms with Gasteiger partial charge in [-0.15, -0.1) is 0 Å². The number of carbonyl (C=O) groups excluding carboxylic acids is 2. The summed E-state index contributed by atoms with van der Waals surface area (Å²) in [6, 6.07) is 11.1. The molecule has 0 bridgehead atoms. The van der Waals surface area contributed by atoms with E-state index in [1.807, 2.05) is 0 Å². The first-order valence-electron chi connectivity index (χ1n) is 9.51. The van der Waals surface area contributed by atoms with Crippen molar-refractivity contribution in [1.82, 2.24) is 9.80 Å². The number of nitrogens with zero attached hydrogens (tertiary/aromatic N) is 2. The number of hydrogen-bond donors (Lipinski definition) is 0. The second kappa shape index (κ2) is 9.91. The number of carbonyl (C=O) groups is 2. The Hall–Kier alpha value is -2.26. The van der Waals surface area contributed by atoms with Gasteiger partial charge in [-0.25, -0.2) is 0 Å². The molecule has 2 aromatic carbocycles. The highest BCUT2D eigenvalue weighted by Crippen LogP contribution is 2.42. The summed E-state index contributed by atoms with van der Waals surface area (Å²) in [5, 5.41) is 0. The van der Waals surface area contributed by atoms with E-state index in [1.54, 1.807) is 40.1 Å². The van der Waals surface area contributed by atoms with Crippen molar-refractivity contribution in [1.29, 1.82) is 0 Å². The number of rotatable bonds is 4. The lowest BCUT2D eigenvalue weighted by atomic mass is 10.1. The van der Waals surface area contributed by atoms with Crippen LogP contribution in [0.5, 0.6) is 0 Å². The standard InChI is InChI=1S/C22H20BrF3N2O2S/c1-15(29)27-10-12-28(13-11-27)21(30)9-7-16-6-8-19(17(14-16)22(24,25)26)31-20-5-3-2-4-18(20)23/h2-9,14H,10-13H2,1H3/b9-7+. The van der Waals surface area contributed by atoms with Gasteiger partial charge < -0.3 is 9.80 Å². The lowest BCUT2D eigenvalue weighted by Crippen LogP contribution is -2.49. The van der Waals surface area contributed by atoms with Crippen LogP contribution < -0.4 is 0 Å². The van der Waals surface area contributed by atoms with Crippen molar-refractivity contribution >= 4 is 45.6 Å². The number of alkyl halides is 3. The Morgan fingerprint density at radius 3 is 2.26 bits per heavy atom. The maximum Gasteiger partial charge on any atom is 0.417 e. The first-order valence-corrected chi connectivity index (χ1v) is 11.1. The largest absolute Gasteiger partial charge is 0.417 e. The lowest BCUT2D eigenvalue weighted by molar-refractivity contribution is -0.139. The molecule has 0 saturated carbocycles. The van der Waals surface area contributed by atoms with Gasteiger partial charge in [0.2, 0.25) is 11.8 Å². The second-order valence-corrected chi connectivity index (χ2v) is 8.89. The molecule has 9 heteroatoms. The third kappa shape index (κ3) is 6.13. The highest BCUT2D eigenvalue weighted by molar-refractivity contribution is 9.10. The molecular weight excluding hydrogens is 493 g/mol. The minimum absolute atomic E-state index is 0.0391. The summed E-state index contributed by atoms with van der Waals surface area (Å²) < 4.78 is 41.7. The van der Waals surface area contributed by atoms with E-state index in [9.17, 15) is 22.8 Å². The van der Waals surface area contributed by atoms with Gasteiger partial charge >= 0.3 is 6.18 Å². The summed E-state index contributed by atoms with van der Waals surface area (Å²) in [5.74, 6) is -0.328.